The molecule has 3 rings (SSSR count). The van der Waals surface area contributed by atoms with Crippen LogP contribution in [0.3, 0.4) is 0 Å². The largest absolute Gasteiger partial charge is 0.497 e. The summed E-state index contributed by atoms with van der Waals surface area (Å²) in [6, 6.07) is 4.35. The molecule has 29 heavy (non-hydrogen) atoms. The molecule has 9 nitrogen and oxygen atoms in total. The molecule has 2 aliphatic heterocycles. The lowest BCUT2D eigenvalue weighted by Gasteiger charge is -2.31. The Labute approximate surface area is 168 Å². The number of nitrogens with one attached hydrogen (secondary N) is 1. The van der Waals surface area contributed by atoms with Gasteiger partial charge < -0.3 is 19.3 Å². The number of likely N-dealkylation sites (tertiary alicyclic amines) is 1. The minimum absolute atomic E-state index is 0.0792. The number of esters is 1. The van der Waals surface area contributed by atoms with E-state index in [1.165, 1.54) is 14.2 Å². The van der Waals surface area contributed by atoms with Crippen molar-refractivity contribution in [2.24, 2.45) is 11.8 Å². The average Bonchev–Trinajstić information content (AvgIpc) is 3.21. The van der Waals surface area contributed by atoms with Gasteiger partial charge in [-0.1, -0.05) is 6.07 Å². The molecule has 2 saturated heterocycles. The second kappa shape index (κ2) is 8.00. The van der Waals surface area contributed by atoms with E-state index < -0.39 is 47.8 Å². The summed E-state index contributed by atoms with van der Waals surface area (Å²) in [6.45, 7) is 2.91. The van der Waals surface area contributed by atoms with E-state index in [2.05, 4.69) is 5.32 Å². The molecule has 2 amide bonds. The van der Waals surface area contributed by atoms with E-state index in [0.29, 0.717) is 17.1 Å². The number of fused-ring (bicyclic) bond motifs is 1. The van der Waals surface area contributed by atoms with Gasteiger partial charge in [0.1, 0.15) is 11.5 Å². The molecule has 2 fully saturated rings. The smallest absolute Gasteiger partial charge is 0.329 e. The molecule has 0 spiro atoms. The topological polar surface area (TPSA) is 114 Å². The monoisotopic (exact) mass is 406 g/mol. The summed E-state index contributed by atoms with van der Waals surface area (Å²) in [4.78, 5) is 40.1. The molecule has 0 aromatic heterocycles. The van der Waals surface area contributed by atoms with Crippen LogP contribution in [0.4, 0.5) is 0 Å². The second-order valence-electron chi connectivity index (χ2n) is 7.00. The molecule has 0 saturated carbocycles. The number of aliphatic hydroxyl groups excluding tert-OH is 1. The van der Waals surface area contributed by atoms with E-state index in [4.69, 9.17) is 14.2 Å². The Morgan fingerprint density at radius 1 is 1.21 bits per heavy atom. The van der Waals surface area contributed by atoms with Crippen LogP contribution in [0.25, 0.3) is 0 Å². The van der Waals surface area contributed by atoms with Gasteiger partial charge >= 0.3 is 5.97 Å². The van der Waals surface area contributed by atoms with Crippen LogP contribution in [-0.4, -0.2) is 67.3 Å². The van der Waals surface area contributed by atoms with Crippen LogP contribution in [0, 0.1) is 11.8 Å². The highest BCUT2D eigenvalue weighted by atomic mass is 16.5. The summed E-state index contributed by atoms with van der Waals surface area (Å²) in [7, 11) is 3.00. The third-order valence-corrected chi connectivity index (χ3v) is 5.73. The number of carbonyl (C=O) groups excluding carboxylic acids is 3. The SMILES string of the molecule is CCOC(=O)[C@]1(CO)N[C@@H](c2ccc(OC)cc2OC)[C@H]2C(=O)N(CC)C(=O)[C@@H]21. The number of carbonyl (C=O) groups is 3. The zero-order chi connectivity index (χ0) is 21.3. The first-order valence-electron chi connectivity index (χ1n) is 9.53. The summed E-state index contributed by atoms with van der Waals surface area (Å²) in [5, 5.41) is 13.3. The maximum Gasteiger partial charge on any atom is 0.329 e. The third kappa shape index (κ3) is 3.05. The number of hydrogen-bond acceptors (Lipinski definition) is 8. The van der Waals surface area contributed by atoms with Crippen LogP contribution in [0.1, 0.15) is 25.5 Å². The van der Waals surface area contributed by atoms with Gasteiger partial charge in [-0.15, -0.1) is 0 Å². The zero-order valence-corrected chi connectivity index (χ0v) is 16.9. The van der Waals surface area contributed by atoms with Crippen molar-refractivity contribution in [2.75, 3.05) is 34.0 Å². The number of imide groups is 1. The lowest BCUT2D eigenvalue weighted by Crippen LogP contribution is -2.59. The normalized spacial score (nSPS) is 28.4. The van der Waals surface area contributed by atoms with E-state index >= 15 is 0 Å². The molecule has 9 heteroatoms. The highest BCUT2D eigenvalue weighted by molar-refractivity contribution is 6.09. The Balaban J connectivity index is 2.16. The van der Waals surface area contributed by atoms with Crippen molar-refractivity contribution >= 4 is 17.8 Å². The van der Waals surface area contributed by atoms with Gasteiger partial charge in [0, 0.05) is 24.2 Å². The molecular formula is C20H26N2O7. The number of hydrogen-bond donors (Lipinski definition) is 2. The molecule has 1 aromatic carbocycles. The molecular weight excluding hydrogens is 380 g/mol. The molecule has 2 aliphatic rings. The van der Waals surface area contributed by atoms with Crippen molar-refractivity contribution in [2.45, 2.75) is 25.4 Å². The van der Waals surface area contributed by atoms with E-state index in [0.717, 1.165) is 4.90 Å². The molecule has 0 radical (unpaired) electrons. The summed E-state index contributed by atoms with van der Waals surface area (Å²) in [5.41, 5.74) is -1.13. The summed E-state index contributed by atoms with van der Waals surface area (Å²) in [6.07, 6.45) is 0. The van der Waals surface area contributed by atoms with E-state index in [1.807, 2.05) is 0 Å². The van der Waals surface area contributed by atoms with Gasteiger partial charge in [0.2, 0.25) is 11.8 Å². The van der Waals surface area contributed by atoms with Gasteiger partial charge in [-0.05, 0) is 19.9 Å². The van der Waals surface area contributed by atoms with Gasteiger partial charge in [0.15, 0.2) is 5.54 Å². The first kappa shape index (κ1) is 21.1. The van der Waals surface area contributed by atoms with Crippen molar-refractivity contribution in [1.82, 2.24) is 10.2 Å². The van der Waals surface area contributed by atoms with Crippen molar-refractivity contribution < 1.29 is 33.7 Å². The summed E-state index contributed by atoms with van der Waals surface area (Å²) in [5.74, 6) is -2.59. The Hall–Kier alpha value is -2.65. The molecule has 1 aromatic rings. The zero-order valence-electron chi connectivity index (χ0n) is 16.9. The fourth-order valence-electron chi connectivity index (χ4n) is 4.37. The minimum Gasteiger partial charge on any atom is -0.497 e. The maximum absolute atomic E-state index is 13.1. The van der Waals surface area contributed by atoms with E-state index in [1.54, 1.807) is 32.0 Å². The highest BCUT2D eigenvalue weighted by Gasteiger charge is 2.68. The number of aliphatic hydroxyl groups is 1. The van der Waals surface area contributed by atoms with Crippen molar-refractivity contribution in [1.29, 1.82) is 0 Å². The summed E-state index contributed by atoms with van der Waals surface area (Å²) < 4.78 is 15.9. The van der Waals surface area contributed by atoms with Gasteiger partial charge in [-0.2, -0.15) is 0 Å². The number of ether oxygens (including phenoxy) is 3. The van der Waals surface area contributed by atoms with Crippen LogP contribution >= 0.6 is 0 Å². The number of amides is 2. The lowest BCUT2D eigenvalue weighted by atomic mass is 9.79. The van der Waals surface area contributed by atoms with Crippen molar-refractivity contribution in [3.63, 3.8) is 0 Å². The van der Waals surface area contributed by atoms with Crippen LogP contribution in [0.2, 0.25) is 0 Å². The van der Waals surface area contributed by atoms with Crippen LogP contribution in [0.5, 0.6) is 11.5 Å². The van der Waals surface area contributed by atoms with Crippen LogP contribution in [-0.2, 0) is 19.1 Å². The Kier molecular flexibility index (Phi) is 5.81. The van der Waals surface area contributed by atoms with Crippen LogP contribution < -0.4 is 14.8 Å². The molecule has 0 bridgehead atoms. The Morgan fingerprint density at radius 3 is 2.48 bits per heavy atom. The van der Waals surface area contributed by atoms with Gasteiger partial charge in [0.05, 0.1) is 39.3 Å². The molecule has 2 heterocycles. The van der Waals surface area contributed by atoms with Crippen molar-refractivity contribution in [3.8, 4) is 11.5 Å². The van der Waals surface area contributed by atoms with Gasteiger partial charge in [0.25, 0.3) is 0 Å². The van der Waals surface area contributed by atoms with E-state index in [9.17, 15) is 19.5 Å². The fraction of sp³-hybridized carbons (Fsp3) is 0.550. The molecule has 158 valence electrons. The number of nitrogens with zero attached hydrogens (tertiary/aromatic N) is 1. The Morgan fingerprint density at radius 2 is 1.93 bits per heavy atom. The van der Waals surface area contributed by atoms with Crippen molar-refractivity contribution in [3.05, 3.63) is 23.8 Å². The standard InChI is InChI=1S/C20H26N2O7/c1-5-22-17(24)14-15(18(22)25)20(10-23,19(26)29-6-2)21-16(14)12-8-7-11(27-3)9-13(12)28-4/h7-9,14-16,21,23H,5-6,10H2,1-4H3/t14-,15+,16-,20+/m0/s1. The molecule has 4 atom stereocenters. The minimum atomic E-state index is -1.72. The van der Waals surface area contributed by atoms with Gasteiger partial charge in [-0.3, -0.25) is 19.8 Å². The van der Waals surface area contributed by atoms with Crippen LogP contribution in [0.15, 0.2) is 18.2 Å². The first-order chi connectivity index (χ1) is 13.9. The molecule has 0 aliphatic carbocycles. The Bertz CT molecular complexity index is 827. The van der Waals surface area contributed by atoms with E-state index in [-0.39, 0.29) is 13.2 Å². The quantitative estimate of drug-likeness (QED) is 0.490. The highest BCUT2D eigenvalue weighted by Crippen LogP contribution is 2.50. The number of methoxy groups -OCH3 is 2. The maximum atomic E-state index is 13.1. The third-order valence-electron chi connectivity index (χ3n) is 5.73. The summed E-state index contributed by atoms with van der Waals surface area (Å²) >= 11 is 0. The molecule has 2 N–H and O–H groups in total. The first-order valence-corrected chi connectivity index (χ1v) is 9.53. The number of rotatable bonds is 7. The van der Waals surface area contributed by atoms with Gasteiger partial charge in [-0.25, -0.2) is 4.79 Å². The molecule has 0 unspecified atom stereocenters. The number of benzene rings is 1. The second-order valence-corrected chi connectivity index (χ2v) is 7.00. The predicted molar refractivity (Wildman–Crippen MR) is 101 cm³/mol. The lowest BCUT2D eigenvalue weighted by molar-refractivity contribution is -0.158. The predicted octanol–water partition coefficient (Wildman–Crippen LogP) is 0.263. The average molecular weight is 406 g/mol. The fourth-order valence-corrected chi connectivity index (χ4v) is 4.37.